The number of nitro benzene ring substituents is 1. The summed E-state index contributed by atoms with van der Waals surface area (Å²) in [6.07, 6.45) is 1.55. The minimum atomic E-state index is -0.560. The Bertz CT molecular complexity index is 1080. The summed E-state index contributed by atoms with van der Waals surface area (Å²) in [6, 6.07) is 13.1. The average molecular weight is 393 g/mol. The van der Waals surface area contributed by atoms with Gasteiger partial charge >= 0.3 is 0 Å². The van der Waals surface area contributed by atoms with Crippen molar-refractivity contribution in [2.24, 2.45) is 0 Å². The quantitative estimate of drug-likeness (QED) is 0.490. The lowest BCUT2D eigenvalue weighted by atomic mass is 10.1. The molecule has 0 atom stereocenters. The number of nitro groups is 1. The van der Waals surface area contributed by atoms with Gasteiger partial charge in [0.25, 0.3) is 17.5 Å². The molecule has 0 aliphatic carbocycles. The molecule has 0 radical (unpaired) electrons. The summed E-state index contributed by atoms with van der Waals surface area (Å²) in [5.74, 6) is -1.04. The molecule has 0 aliphatic rings. The van der Waals surface area contributed by atoms with Crippen molar-refractivity contribution in [3.05, 3.63) is 81.7 Å². The highest BCUT2D eigenvalue weighted by molar-refractivity contribution is 6.12. The number of nitrogens with zero attached hydrogens (tertiary/aromatic N) is 3. The van der Waals surface area contributed by atoms with Crippen LogP contribution in [0.15, 0.2) is 54.7 Å². The molecule has 9 heteroatoms. The smallest absolute Gasteiger partial charge is 0.278 e. The number of para-hydroxylation sites is 1. The Kier molecular flexibility index (Phi) is 5.68. The van der Waals surface area contributed by atoms with Gasteiger partial charge in [-0.3, -0.25) is 24.4 Å². The van der Waals surface area contributed by atoms with Crippen LogP contribution in [0.5, 0.6) is 0 Å². The lowest BCUT2D eigenvalue weighted by Crippen LogP contribution is -2.18. The molecular formula is C20H19N5O4. The molecule has 1 heterocycles. The van der Waals surface area contributed by atoms with E-state index in [-0.39, 0.29) is 28.2 Å². The van der Waals surface area contributed by atoms with Gasteiger partial charge in [0.05, 0.1) is 10.6 Å². The second kappa shape index (κ2) is 8.34. The number of carbonyl (C=O) groups excluding carboxylic acids is 2. The molecule has 3 aromatic rings. The molecule has 0 spiro atoms. The summed E-state index contributed by atoms with van der Waals surface area (Å²) < 4.78 is 1.52. The first-order valence-corrected chi connectivity index (χ1v) is 8.90. The molecule has 0 bridgehead atoms. The normalized spacial score (nSPS) is 10.4. The maximum absolute atomic E-state index is 12.7. The molecule has 2 N–H and O–H groups in total. The first-order valence-electron chi connectivity index (χ1n) is 8.90. The zero-order valence-electron chi connectivity index (χ0n) is 15.9. The fraction of sp³-hybridized carbons (Fsp3) is 0.150. The second-order valence-corrected chi connectivity index (χ2v) is 6.23. The lowest BCUT2D eigenvalue weighted by molar-refractivity contribution is -0.385. The van der Waals surface area contributed by atoms with Crippen LogP contribution >= 0.6 is 0 Å². The maximum Gasteiger partial charge on any atom is 0.278 e. The van der Waals surface area contributed by atoms with Crippen molar-refractivity contribution in [3.8, 4) is 0 Å². The third kappa shape index (κ3) is 4.29. The Labute approximate surface area is 166 Å². The minimum Gasteiger partial charge on any atom is -0.321 e. The number of rotatable bonds is 6. The van der Waals surface area contributed by atoms with Gasteiger partial charge in [-0.1, -0.05) is 24.3 Å². The van der Waals surface area contributed by atoms with Gasteiger partial charge in [0, 0.05) is 35.6 Å². The number of anilines is 2. The fourth-order valence-electron chi connectivity index (χ4n) is 2.81. The summed E-state index contributed by atoms with van der Waals surface area (Å²) in [6.45, 7) is 3.85. The summed E-state index contributed by atoms with van der Waals surface area (Å²) in [7, 11) is 0. The standard InChI is InChI=1S/C20H19N5O4/c1-3-24-12-16(18(23-24)20(27)21-14-8-5-4-6-9-14)22-19(26)15-10-7-11-17(13(15)2)25(28)29/h4-12H,3H2,1-2H3,(H,21,27)(H,22,26). The van der Waals surface area contributed by atoms with Gasteiger partial charge in [-0.2, -0.15) is 5.10 Å². The van der Waals surface area contributed by atoms with Gasteiger partial charge in [0.2, 0.25) is 0 Å². The van der Waals surface area contributed by atoms with Gasteiger partial charge < -0.3 is 10.6 Å². The predicted octanol–water partition coefficient (Wildman–Crippen LogP) is 3.62. The number of amides is 2. The molecule has 2 amide bonds. The van der Waals surface area contributed by atoms with E-state index >= 15 is 0 Å². The van der Waals surface area contributed by atoms with Crippen LogP contribution in [0.2, 0.25) is 0 Å². The van der Waals surface area contributed by atoms with Crippen molar-refractivity contribution in [2.45, 2.75) is 20.4 Å². The predicted molar refractivity (Wildman–Crippen MR) is 108 cm³/mol. The largest absolute Gasteiger partial charge is 0.321 e. The third-order valence-corrected chi connectivity index (χ3v) is 4.33. The van der Waals surface area contributed by atoms with E-state index in [4.69, 9.17) is 0 Å². The van der Waals surface area contributed by atoms with Crippen LogP contribution in [0, 0.1) is 17.0 Å². The molecular weight excluding hydrogens is 374 g/mol. The maximum atomic E-state index is 12.7. The Balaban J connectivity index is 1.89. The van der Waals surface area contributed by atoms with E-state index in [1.165, 1.54) is 29.8 Å². The number of hydrogen-bond acceptors (Lipinski definition) is 5. The molecule has 148 valence electrons. The van der Waals surface area contributed by atoms with Crippen LogP contribution in [0.4, 0.5) is 17.1 Å². The lowest BCUT2D eigenvalue weighted by Gasteiger charge is -2.08. The molecule has 29 heavy (non-hydrogen) atoms. The van der Waals surface area contributed by atoms with E-state index < -0.39 is 16.7 Å². The number of hydrogen-bond donors (Lipinski definition) is 2. The molecule has 0 saturated carbocycles. The fourth-order valence-corrected chi connectivity index (χ4v) is 2.81. The summed E-state index contributed by atoms with van der Waals surface area (Å²) in [4.78, 5) is 36.0. The van der Waals surface area contributed by atoms with E-state index in [1.807, 2.05) is 13.0 Å². The minimum absolute atomic E-state index is 0.0483. The van der Waals surface area contributed by atoms with E-state index in [0.717, 1.165) is 0 Å². The molecule has 0 fully saturated rings. The summed E-state index contributed by atoms with van der Waals surface area (Å²) >= 11 is 0. The van der Waals surface area contributed by atoms with E-state index in [9.17, 15) is 19.7 Å². The highest BCUT2D eigenvalue weighted by Crippen LogP contribution is 2.23. The van der Waals surface area contributed by atoms with Crippen molar-refractivity contribution in [2.75, 3.05) is 10.6 Å². The van der Waals surface area contributed by atoms with Gasteiger partial charge in [-0.15, -0.1) is 0 Å². The third-order valence-electron chi connectivity index (χ3n) is 4.33. The van der Waals surface area contributed by atoms with Crippen LogP contribution in [0.1, 0.15) is 33.3 Å². The van der Waals surface area contributed by atoms with Gasteiger partial charge in [-0.25, -0.2) is 0 Å². The van der Waals surface area contributed by atoms with Crippen molar-refractivity contribution in [1.29, 1.82) is 0 Å². The molecule has 3 rings (SSSR count). The topological polar surface area (TPSA) is 119 Å². The van der Waals surface area contributed by atoms with E-state index in [1.54, 1.807) is 30.5 Å². The van der Waals surface area contributed by atoms with Gasteiger partial charge in [0.15, 0.2) is 5.69 Å². The van der Waals surface area contributed by atoms with E-state index in [0.29, 0.717) is 12.2 Å². The molecule has 0 aliphatic heterocycles. The monoisotopic (exact) mass is 393 g/mol. The Morgan fingerprint density at radius 1 is 1.07 bits per heavy atom. The van der Waals surface area contributed by atoms with Gasteiger partial charge in [-0.05, 0) is 32.0 Å². The average Bonchev–Trinajstić information content (AvgIpc) is 3.11. The summed E-state index contributed by atoms with van der Waals surface area (Å²) in [5.41, 5.74) is 1.11. The molecule has 0 saturated heterocycles. The zero-order valence-corrected chi connectivity index (χ0v) is 15.9. The number of carbonyl (C=O) groups is 2. The number of aromatic nitrogens is 2. The molecule has 1 aromatic heterocycles. The van der Waals surface area contributed by atoms with Crippen LogP contribution in [-0.4, -0.2) is 26.5 Å². The van der Waals surface area contributed by atoms with Crippen molar-refractivity contribution in [3.63, 3.8) is 0 Å². The Hall–Kier alpha value is -4.01. The van der Waals surface area contributed by atoms with Crippen LogP contribution in [0.25, 0.3) is 0 Å². The van der Waals surface area contributed by atoms with Crippen molar-refractivity contribution in [1.82, 2.24) is 9.78 Å². The second-order valence-electron chi connectivity index (χ2n) is 6.23. The highest BCUT2D eigenvalue weighted by Gasteiger charge is 2.22. The zero-order chi connectivity index (χ0) is 21.0. The van der Waals surface area contributed by atoms with Crippen molar-refractivity contribution >= 4 is 28.9 Å². The van der Waals surface area contributed by atoms with Gasteiger partial charge in [0.1, 0.15) is 0 Å². The van der Waals surface area contributed by atoms with E-state index in [2.05, 4.69) is 15.7 Å². The number of benzene rings is 2. The molecule has 9 nitrogen and oxygen atoms in total. The Morgan fingerprint density at radius 2 is 1.79 bits per heavy atom. The molecule has 0 unspecified atom stereocenters. The highest BCUT2D eigenvalue weighted by atomic mass is 16.6. The molecule has 2 aromatic carbocycles. The van der Waals surface area contributed by atoms with Crippen molar-refractivity contribution < 1.29 is 14.5 Å². The number of aryl methyl sites for hydroxylation is 1. The first kappa shape index (κ1) is 19.7. The van der Waals surface area contributed by atoms with Crippen LogP contribution < -0.4 is 10.6 Å². The Morgan fingerprint density at radius 3 is 2.45 bits per heavy atom. The van der Waals surface area contributed by atoms with Crippen LogP contribution in [0.3, 0.4) is 0 Å². The SMILES string of the molecule is CCn1cc(NC(=O)c2cccc([N+](=O)[O-])c2C)c(C(=O)Nc2ccccc2)n1. The number of nitrogens with one attached hydrogen (secondary N) is 2. The van der Waals surface area contributed by atoms with Crippen LogP contribution in [-0.2, 0) is 6.54 Å². The first-order chi connectivity index (χ1) is 13.9. The summed E-state index contributed by atoms with van der Waals surface area (Å²) in [5, 5.41) is 20.7.